The quantitative estimate of drug-likeness (QED) is 0.206. The molecular weight excluding hydrogens is 404 g/mol. The van der Waals surface area contributed by atoms with Crippen LogP contribution in [0.5, 0.6) is 0 Å². The van der Waals surface area contributed by atoms with Crippen LogP contribution in [0, 0.1) is 10.1 Å². The van der Waals surface area contributed by atoms with Crippen molar-refractivity contribution in [3.63, 3.8) is 0 Å². The molecule has 0 unspecified atom stereocenters. The zero-order valence-corrected chi connectivity index (χ0v) is 17.7. The molecule has 0 aliphatic heterocycles. The SMILES string of the molecule is CN(C)c1ccc(/C(=N\Nc2ccc([N+](=O)[O-])cc2)n2ccnc2-c2ccccc2)cc1. The molecule has 0 radical (unpaired) electrons. The first-order chi connectivity index (χ1) is 15.5. The summed E-state index contributed by atoms with van der Waals surface area (Å²) in [7, 11) is 3.98. The molecule has 0 aliphatic carbocycles. The van der Waals surface area contributed by atoms with Crippen LogP contribution in [0.1, 0.15) is 5.56 Å². The first kappa shape index (κ1) is 20.8. The van der Waals surface area contributed by atoms with Gasteiger partial charge in [0.25, 0.3) is 5.69 Å². The maximum atomic E-state index is 10.9. The van der Waals surface area contributed by atoms with Crippen LogP contribution in [0.15, 0.2) is 96.4 Å². The summed E-state index contributed by atoms with van der Waals surface area (Å²) in [6.45, 7) is 0. The molecule has 4 aromatic rings. The smallest absolute Gasteiger partial charge is 0.269 e. The number of nitro benzene ring substituents is 1. The van der Waals surface area contributed by atoms with Crippen molar-refractivity contribution < 1.29 is 4.92 Å². The minimum absolute atomic E-state index is 0.0278. The summed E-state index contributed by atoms with van der Waals surface area (Å²) in [6, 6.07) is 24.1. The van der Waals surface area contributed by atoms with E-state index in [2.05, 4.69) is 15.5 Å². The van der Waals surface area contributed by atoms with Gasteiger partial charge in [-0.05, 0) is 36.4 Å². The molecule has 0 aliphatic rings. The van der Waals surface area contributed by atoms with Gasteiger partial charge in [0.15, 0.2) is 5.84 Å². The number of anilines is 2. The minimum Gasteiger partial charge on any atom is -0.378 e. The highest BCUT2D eigenvalue weighted by atomic mass is 16.6. The molecule has 0 atom stereocenters. The van der Waals surface area contributed by atoms with Crippen molar-refractivity contribution in [3.8, 4) is 11.4 Å². The van der Waals surface area contributed by atoms with Crippen molar-refractivity contribution in [1.29, 1.82) is 0 Å². The number of hydrazone groups is 1. The highest BCUT2D eigenvalue weighted by Gasteiger charge is 2.14. The van der Waals surface area contributed by atoms with Crippen molar-refractivity contribution in [3.05, 3.63) is 107 Å². The summed E-state index contributed by atoms with van der Waals surface area (Å²) in [5.74, 6) is 1.40. The molecule has 1 heterocycles. The lowest BCUT2D eigenvalue weighted by Gasteiger charge is -2.15. The third kappa shape index (κ3) is 4.49. The topological polar surface area (TPSA) is 88.6 Å². The van der Waals surface area contributed by atoms with Crippen molar-refractivity contribution >= 4 is 22.9 Å². The van der Waals surface area contributed by atoms with E-state index in [-0.39, 0.29) is 5.69 Å². The van der Waals surface area contributed by atoms with Gasteiger partial charge in [-0.25, -0.2) is 4.98 Å². The fourth-order valence-corrected chi connectivity index (χ4v) is 3.22. The molecular formula is C24H22N6O2. The molecule has 0 saturated heterocycles. The number of imidazole rings is 1. The van der Waals surface area contributed by atoms with E-state index in [0.717, 1.165) is 22.6 Å². The van der Waals surface area contributed by atoms with Gasteiger partial charge in [0.1, 0.15) is 5.82 Å². The van der Waals surface area contributed by atoms with Gasteiger partial charge in [-0.1, -0.05) is 30.3 Å². The zero-order valence-electron chi connectivity index (χ0n) is 17.7. The summed E-state index contributed by atoms with van der Waals surface area (Å²) in [4.78, 5) is 17.0. The third-order valence-electron chi connectivity index (χ3n) is 4.91. The lowest BCUT2D eigenvalue weighted by atomic mass is 10.1. The Labute approximate surface area is 185 Å². The van der Waals surface area contributed by atoms with Crippen LogP contribution >= 0.6 is 0 Å². The molecule has 0 spiro atoms. The number of aromatic nitrogens is 2. The maximum absolute atomic E-state index is 10.9. The van der Waals surface area contributed by atoms with Crippen LogP contribution in [0.3, 0.4) is 0 Å². The van der Waals surface area contributed by atoms with Crippen molar-refractivity contribution in [2.45, 2.75) is 0 Å². The Kier molecular flexibility index (Phi) is 5.94. The number of non-ortho nitro benzene ring substituents is 1. The monoisotopic (exact) mass is 426 g/mol. The van der Waals surface area contributed by atoms with Crippen LogP contribution in [-0.4, -0.2) is 34.4 Å². The average molecular weight is 426 g/mol. The van der Waals surface area contributed by atoms with E-state index in [1.165, 1.54) is 12.1 Å². The molecule has 0 fully saturated rings. The standard InChI is InChI=1S/C24H22N6O2/c1-28(2)21-12-8-19(9-13-21)24(27-26-20-10-14-22(15-11-20)30(31)32)29-17-16-25-23(29)18-6-4-3-5-7-18/h3-17,26H,1-2H3/b27-24+. The minimum atomic E-state index is -0.428. The second-order valence-corrected chi connectivity index (χ2v) is 7.28. The highest BCUT2D eigenvalue weighted by molar-refractivity contribution is 6.02. The van der Waals surface area contributed by atoms with Crippen molar-refractivity contribution in [1.82, 2.24) is 9.55 Å². The number of rotatable bonds is 6. The van der Waals surface area contributed by atoms with E-state index >= 15 is 0 Å². The number of nitrogens with one attached hydrogen (secondary N) is 1. The predicted octanol–water partition coefficient (Wildman–Crippen LogP) is 4.85. The second kappa shape index (κ2) is 9.13. The second-order valence-electron chi connectivity index (χ2n) is 7.28. The average Bonchev–Trinajstić information content (AvgIpc) is 3.30. The molecule has 8 nitrogen and oxygen atoms in total. The first-order valence-corrected chi connectivity index (χ1v) is 9.98. The number of benzene rings is 3. The Hall–Kier alpha value is -4.46. The van der Waals surface area contributed by atoms with E-state index in [1.807, 2.05) is 84.4 Å². The normalized spacial score (nSPS) is 11.2. The fraction of sp³-hybridized carbons (Fsp3) is 0.0833. The van der Waals surface area contributed by atoms with Gasteiger partial charge in [-0.15, -0.1) is 0 Å². The Bertz CT molecular complexity index is 1230. The number of nitrogens with zero attached hydrogens (tertiary/aromatic N) is 5. The molecule has 4 rings (SSSR count). The Morgan fingerprint density at radius 2 is 1.69 bits per heavy atom. The molecule has 8 heteroatoms. The van der Waals surface area contributed by atoms with Gasteiger partial charge < -0.3 is 4.90 Å². The Morgan fingerprint density at radius 3 is 2.31 bits per heavy atom. The van der Waals surface area contributed by atoms with E-state index in [9.17, 15) is 10.1 Å². The summed E-state index contributed by atoms with van der Waals surface area (Å²) in [5, 5.41) is 15.6. The van der Waals surface area contributed by atoms with E-state index in [4.69, 9.17) is 0 Å². The lowest BCUT2D eigenvalue weighted by molar-refractivity contribution is -0.384. The van der Waals surface area contributed by atoms with Gasteiger partial charge >= 0.3 is 0 Å². The molecule has 0 amide bonds. The zero-order chi connectivity index (χ0) is 22.5. The third-order valence-corrected chi connectivity index (χ3v) is 4.91. The summed E-state index contributed by atoms with van der Waals surface area (Å²) >= 11 is 0. The van der Waals surface area contributed by atoms with Gasteiger partial charge in [-0.3, -0.25) is 20.1 Å². The number of hydrogen-bond donors (Lipinski definition) is 1. The van der Waals surface area contributed by atoms with Gasteiger partial charge in [0.2, 0.25) is 0 Å². The van der Waals surface area contributed by atoms with Gasteiger partial charge in [-0.2, -0.15) is 5.10 Å². The lowest BCUT2D eigenvalue weighted by Crippen LogP contribution is -2.17. The molecule has 0 bridgehead atoms. The van der Waals surface area contributed by atoms with Crippen LogP contribution < -0.4 is 10.3 Å². The van der Waals surface area contributed by atoms with Crippen LogP contribution in [0.2, 0.25) is 0 Å². The summed E-state index contributed by atoms with van der Waals surface area (Å²) in [6.07, 6.45) is 3.59. The molecule has 32 heavy (non-hydrogen) atoms. The Balaban J connectivity index is 1.75. The van der Waals surface area contributed by atoms with Crippen LogP contribution in [0.4, 0.5) is 17.1 Å². The summed E-state index contributed by atoms with van der Waals surface area (Å²) < 4.78 is 1.92. The first-order valence-electron chi connectivity index (χ1n) is 9.98. The van der Waals surface area contributed by atoms with Gasteiger partial charge in [0, 0.05) is 55.4 Å². The number of hydrogen-bond acceptors (Lipinski definition) is 6. The van der Waals surface area contributed by atoms with E-state index < -0.39 is 4.92 Å². The molecule has 1 aromatic heterocycles. The van der Waals surface area contributed by atoms with Crippen LogP contribution in [-0.2, 0) is 0 Å². The predicted molar refractivity (Wildman–Crippen MR) is 127 cm³/mol. The molecule has 160 valence electrons. The largest absolute Gasteiger partial charge is 0.378 e. The van der Waals surface area contributed by atoms with Gasteiger partial charge in [0.05, 0.1) is 10.6 Å². The number of nitro groups is 1. The highest BCUT2D eigenvalue weighted by Crippen LogP contribution is 2.21. The maximum Gasteiger partial charge on any atom is 0.269 e. The van der Waals surface area contributed by atoms with E-state index in [0.29, 0.717) is 11.5 Å². The van der Waals surface area contributed by atoms with Crippen molar-refractivity contribution in [2.24, 2.45) is 5.10 Å². The Morgan fingerprint density at radius 1 is 1.00 bits per heavy atom. The summed E-state index contributed by atoms with van der Waals surface area (Å²) in [5.41, 5.74) is 6.61. The van der Waals surface area contributed by atoms with Crippen LogP contribution in [0.25, 0.3) is 11.4 Å². The van der Waals surface area contributed by atoms with Crippen molar-refractivity contribution in [2.75, 3.05) is 24.4 Å². The fourth-order valence-electron chi connectivity index (χ4n) is 3.22. The molecule has 0 saturated carbocycles. The molecule has 1 N–H and O–H groups in total. The van der Waals surface area contributed by atoms with E-state index in [1.54, 1.807) is 18.3 Å². The molecule has 3 aromatic carbocycles.